The molecule has 0 aliphatic rings. The van der Waals surface area contributed by atoms with Crippen molar-refractivity contribution in [2.45, 2.75) is 13.8 Å². The number of thiocarbonyl (C=S) groups is 1. The van der Waals surface area contributed by atoms with E-state index >= 15 is 0 Å². The van der Waals surface area contributed by atoms with Crippen LogP contribution in [0.5, 0.6) is 5.75 Å². The summed E-state index contributed by atoms with van der Waals surface area (Å²) in [6, 6.07) is 11.2. The van der Waals surface area contributed by atoms with E-state index < -0.39 is 10.8 Å². The van der Waals surface area contributed by atoms with Gasteiger partial charge in [0.2, 0.25) is 0 Å². The molecule has 0 spiro atoms. The fourth-order valence-electron chi connectivity index (χ4n) is 1.96. The summed E-state index contributed by atoms with van der Waals surface area (Å²) < 4.78 is 5.27. The first kappa shape index (κ1) is 18.3. The smallest absolute Gasteiger partial charge is 0.269 e. The molecule has 0 unspecified atom stereocenters. The van der Waals surface area contributed by atoms with E-state index in [1.165, 1.54) is 24.3 Å². The molecule has 2 aromatic carbocycles. The van der Waals surface area contributed by atoms with Gasteiger partial charge in [-0.15, -0.1) is 0 Å². The van der Waals surface area contributed by atoms with Crippen molar-refractivity contribution in [1.82, 2.24) is 5.32 Å². The van der Waals surface area contributed by atoms with E-state index in [1.54, 1.807) is 0 Å². The third kappa shape index (κ3) is 5.54. The van der Waals surface area contributed by atoms with Crippen LogP contribution in [-0.2, 0) is 4.79 Å². The van der Waals surface area contributed by atoms with Crippen molar-refractivity contribution < 1.29 is 14.5 Å². The third-order valence-corrected chi connectivity index (χ3v) is 3.64. The monoisotopic (exact) mass is 359 g/mol. The summed E-state index contributed by atoms with van der Waals surface area (Å²) in [6.07, 6.45) is 0. The summed E-state index contributed by atoms with van der Waals surface area (Å²) in [5, 5.41) is 16.2. The Bertz CT molecular complexity index is 806. The number of amides is 1. The fraction of sp³-hybridized carbons (Fsp3) is 0.176. The van der Waals surface area contributed by atoms with Gasteiger partial charge >= 0.3 is 0 Å². The maximum absolute atomic E-state index is 11.8. The second-order valence-electron chi connectivity index (χ2n) is 5.34. The van der Waals surface area contributed by atoms with E-state index in [0.717, 1.165) is 16.8 Å². The average molecular weight is 359 g/mol. The number of benzene rings is 2. The molecule has 1 amide bonds. The summed E-state index contributed by atoms with van der Waals surface area (Å²) in [7, 11) is 0. The van der Waals surface area contributed by atoms with Crippen LogP contribution >= 0.6 is 12.2 Å². The Labute approximate surface area is 150 Å². The molecule has 2 rings (SSSR count). The Morgan fingerprint density at radius 2 is 1.84 bits per heavy atom. The van der Waals surface area contributed by atoms with Crippen molar-refractivity contribution in [1.29, 1.82) is 0 Å². The van der Waals surface area contributed by atoms with E-state index in [9.17, 15) is 14.9 Å². The lowest BCUT2D eigenvalue weighted by molar-refractivity contribution is -0.384. The largest absolute Gasteiger partial charge is 0.484 e. The molecule has 0 heterocycles. The fourth-order valence-corrected chi connectivity index (χ4v) is 2.19. The van der Waals surface area contributed by atoms with Crippen LogP contribution in [0.2, 0.25) is 0 Å². The van der Waals surface area contributed by atoms with Crippen LogP contribution in [-0.4, -0.2) is 22.5 Å². The van der Waals surface area contributed by atoms with E-state index in [2.05, 4.69) is 10.6 Å². The third-order valence-electron chi connectivity index (χ3n) is 3.44. The first-order valence-corrected chi connectivity index (χ1v) is 7.81. The number of nitro benzene ring substituents is 1. The molecule has 0 fully saturated rings. The molecule has 2 aromatic rings. The van der Waals surface area contributed by atoms with Gasteiger partial charge in [-0.25, -0.2) is 0 Å². The lowest BCUT2D eigenvalue weighted by Crippen LogP contribution is -2.37. The van der Waals surface area contributed by atoms with Gasteiger partial charge in [-0.3, -0.25) is 20.2 Å². The van der Waals surface area contributed by atoms with Crippen LogP contribution in [0.1, 0.15) is 11.1 Å². The van der Waals surface area contributed by atoms with Gasteiger partial charge in [-0.1, -0.05) is 6.07 Å². The highest BCUT2D eigenvalue weighted by Gasteiger charge is 2.08. The Hall–Kier alpha value is -3.00. The molecule has 0 aliphatic carbocycles. The first-order chi connectivity index (χ1) is 11.8. The highest BCUT2D eigenvalue weighted by Crippen LogP contribution is 2.17. The summed E-state index contributed by atoms with van der Waals surface area (Å²) in [4.78, 5) is 21.9. The molecule has 0 atom stereocenters. The van der Waals surface area contributed by atoms with E-state index in [0.29, 0.717) is 5.75 Å². The van der Waals surface area contributed by atoms with Crippen LogP contribution in [0.3, 0.4) is 0 Å². The second kappa shape index (κ2) is 8.20. The molecule has 0 aromatic heterocycles. The molecule has 0 aliphatic heterocycles. The van der Waals surface area contributed by atoms with Crippen LogP contribution < -0.4 is 15.4 Å². The number of carbonyl (C=O) groups excluding carboxylic acids is 1. The Kier molecular flexibility index (Phi) is 6.02. The van der Waals surface area contributed by atoms with Crippen LogP contribution in [0.4, 0.5) is 11.4 Å². The number of carbonyl (C=O) groups is 1. The van der Waals surface area contributed by atoms with Gasteiger partial charge in [-0.2, -0.15) is 0 Å². The van der Waals surface area contributed by atoms with Crippen LogP contribution in [0, 0.1) is 24.0 Å². The molecular formula is C17H17N3O4S. The molecule has 0 bridgehead atoms. The van der Waals surface area contributed by atoms with E-state index in [4.69, 9.17) is 17.0 Å². The molecule has 25 heavy (non-hydrogen) atoms. The van der Waals surface area contributed by atoms with E-state index in [1.807, 2.05) is 32.0 Å². The number of non-ortho nitro benzene ring substituents is 1. The van der Waals surface area contributed by atoms with Gasteiger partial charge < -0.3 is 10.1 Å². The number of nitro groups is 1. The zero-order valence-electron chi connectivity index (χ0n) is 13.7. The number of nitrogens with one attached hydrogen (secondary N) is 2. The van der Waals surface area contributed by atoms with Gasteiger partial charge in [0.1, 0.15) is 5.75 Å². The minimum atomic E-state index is -0.507. The van der Waals surface area contributed by atoms with Crippen LogP contribution in [0.15, 0.2) is 42.5 Å². The van der Waals surface area contributed by atoms with Crippen molar-refractivity contribution in [3.63, 3.8) is 0 Å². The van der Waals surface area contributed by atoms with Crippen molar-refractivity contribution in [2.75, 3.05) is 11.9 Å². The van der Waals surface area contributed by atoms with E-state index in [-0.39, 0.29) is 17.4 Å². The van der Waals surface area contributed by atoms with Crippen molar-refractivity contribution in [2.24, 2.45) is 0 Å². The SMILES string of the molecule is Cc1ccc(NC(=S)NC(=O)COc2ccc([N+](=O)[O-])cc2)cc1C. The molecular weight excluding hydrogens is 342 g/mol. The number of anilines is 1. The molecule has 0 saturated carbocycles. The van der Waals surface area contributed by atoms with Gasteiger partial charge in [-0.05, 0) is 61.5 Å². The standard InChI is InChI=1S/C17H17N3O4S/c1-11-3-4-13(9-12(11)2)18-17(25)19-16(21)10-24-15-7-5-14(6-8-15)20(22)23/h3-9H,10H2,1-2H3,(H2,18,19,21,25). The van der Waals surface area contributed by atoms with Gasteiger partial charge in [0, 0.05) is 17.8 Å². The topological polar surface area (TPSA) is 93.5 Å². The number of rotatable bonds is 5. The Balaban J connectivity index is 1.81. The summed E-state index contributed by atoms with van der Waals surface area (Å²) in [5.41, 5.74) is 3.01. The lowest BCUT2D eigenvalue weighted by Gasteiger charge is -2.11. The Morgan fingerprint density at radius 3 is 2.44 bits per heavy atom. The maximum Gasteiger partial charge on any atom is 0.269 e. The van der Waals surface area contributed by atoms with Crippen molar-refractivity contribution in [3.05, 3.63) is 63.7 Å². The number of aryl methyl sites for hydroxylation is 2. The van der Waals surface area contributed by atoms with Gasteiger partial charge in [0.25, 0.3) is 11.6 Å². The quantitative estimate of drug-likeness (QED) is 0.484. The number of hydrogen-bond donors (Lipinski definition) is 2. The normalized spacial score (nSPS) is 10.0. The average Bonchev–Trinajstić information content (AvgIpc) is 2.56. The molecule has 0 saturated heterocycles. The minimum Gasteiger partial charge on any atom is -0.484 e. The van der Waals surface area contributed by atoms with Gasteiger partial charge in [0.05, 0.1) is 4.92 Å². The van der Waals surface area contributed by atoms with Crippen molar-refractivity contribution >= 4 is 34.6 Å². The zero-order valence-corrected chi connectivity index (χ0v) is 14.6. The predicted octanol–water partition coefficient (Wildman–Crippen LogP) is 3.10. The van der Waals surface area contributed by atoms with Crippen molar-refractivity contribution in [3.8, 4) is 5.75 Å². The summed E-state index contributed by atoms with van der Waals surface area (Å²) in [6.45, 7) is 3.74. The molecule has 130 valence electrons. The molecule has 7 nitrogen and oxygen atoms in total. The second-order valence-corrected chi connectivity index (χ2v) is 5.75. The summed E-state index contributed by atoms with van der Waals surface area (Å²) in [5.74, 6) is -0.0755. The minimum absolute atomic E-state index is 0.0458. The highest BCUT2D eigenvalue weighted by molar-refractivity contribution is 7.80. The predicted molar refractivity (Wildman–Crippen MR) is 98.9 cm³/mol. The number of hydrogen-bond acceptors (Lipinski definition) is 5. The molecule has 8 heteroatoms. The van der Waals surface area contributed by atoms with Gasteiger partial charge in [0.15, 0.2) is 11.7 Å². The number of ether oxygens (including phenoxy) is 1. The highest BCUT2D eigenvalue weighted by atomic mass is 32.1. The van der Waals surface area contributed by atoms with Crippen LogP contribution in [0.25, 0.3) is 0 Å². The first-order valence-electron chi connectivity index (χ1n) is 7.40. The number of nitrogens with zero attached hydrogens (tertiary/aromatic N) is 1. The maximum atomic E-state index is 11.8. The zero-order chi connectivity index (χ0) is 18.4. The molecule has 0 radical (unpaired) electrons. The lowest BCUT2D eigenvalue weighted by atomic mass is 10.1. The summed E-state index contributed by atoms with van der Waals surface area (Å²) >= 11 is 5.09. The molecule has 2 N–H and O–H groups in total. The Morgan fingerprint density at radius 1 is 1.16 bits per heavy atom.